The summed E-state index contributed by atoms with van der Waals surface area (Å²) in [6, 6.07) is 13.2. The highest BCUT2D eigenvalue weighted by atomic mass is 35.5. The van der Waals surface area contributed by atoms with E-state index in [1.165, 1.54) is 29.7 Å². The van der Waals surface area contributed by atoms with Crippen LogP contribution in [-0.4, -0.2) is 25.5 Å². The van der Waals surface area contributed by atoms with Crippen molar-refractivity contribution in [3.05, 3.63) is 77.7 Å². The number of rotatable bonds is 6. The fraction of sp³-hybridized carbons (Fsp3) is 0.111. The quantitative estimate of drug-likeness (QED) is 0.644. The normalized spacial score (nSPS) is 11.2. The Labute approximate surface area is 157 Å². The van der Waals surface area contributed by atoms with Crippen molar-refractivity contribution >= 4 is 27.3 Å². The van der Waals surface area contributed by atoms with E-state index in [1.807, 2.05) is 6.07 Å². The zero-order valence-corrected chi connectivity index (χ0v) is 15.5. The van der Waals surface area contributed by atoms with Gasteiger partial charge in [0.05, 0.1) is 25.5 Å². The first-order valence-corrected chi connectivity index (χ1v) is 9.50. The van der Waals surface area contributed by atoms with E-state index in [-0.39, 0.29) is 11.4 Å². The number of nitrogens with zero attached hydrogens (tertiary/aromatic N) is 3. The first-order chi connectivity index (χ1) is 12.5. The van der Waals surface area contributed by atoms with E-state index in [0.717, 1.165) is 5.56 Å². The third-order valence-electron chi connectivity index (χ3n) is 3.67. The van der Waals surface area contributed by atoms with Crippen molar-refractivity contribution in [3.63, 3.8) is 0 Å². The number of benzene rings is 1. The number of pyridine rings is 2. The molecule has 0 aliphatic carbocycles. The van der Waals surface area contributed by atoms with Gasteiger partial charge in [-0.3, -0.25) is 9.29 Å². The molecular weight excluding hydrogens is 374 g/mol. The van der Waals surface area contributed by atoms with E-state index in [0.29, 0.717) is 16.6 Å². The van der Waals surface area contributed by atoms with E-state index < -0.39 is 10.0 Å². The summed E-state index contributed by atoms with van der Waals surface area (Å²) in [5.74, 6) is 0.342. The van der Waals surface area contributed by atoms with Crippen LogP contribution >= 0.6 is 11.6 Å². The summed E-state index contributed by atoms with van der Waals surface area (Å²) in [5, 5.41) is 0.526. The molecule has 0 fully saturated rings. The monoisotopic (exact) mass is 389 g/mol. The van der Waals surface area contributed by atoms with Crippen LogP contribution in [0.2, 0.25) is 5.02 Å². The van der Waals surface area contributed by atoms with E-state index in [2.05, 4.69) is 9.97 Å². The van der Waals surface area contributed by atoms with Crippen LogP contribution in [0.3, 0.4) is 0 Å². The molecule has 0 amide bonds. The molecule has 3 aromatic rings. The smallest absolute Gasteiger partial charge is 0.266 e. The second-order valence-corrected chi connectivity index (χ2v) is 7.68. The molecule has 0 N–H and O–H groups in total. The minimum Gasteiger partial charge on any atom is -0.481 e. The molecule has 2 aromatic heterocycles. The van der Waals surface area contributed by atoms with Crippen molar-refractivity contribution in [1.82, 2.24) is 9.97 Å². The minimum atomic E-state index is -3.85. The predicted octanol–water partition coefficient (Wildman–Crippen LogP) is 3.53. The SMILES string of the molecule is COc1ccc(S(=O)(=O)N(Cc2cccnc2)c2ccc(Cl)cc2)cn1. The average molecular weight is 390 g/mol. The Balaban J connectivity index is 2.04. The third kappa shape index (κ3) is 3.95. The summed E-state index contributed by atoms with van der Waals surface area (Å²) in [6.45, 7) is 0.129. The van der Waals surface area contributed by atoms with Crippen LogP contribution in [0.25, 0.3) is 0 Å². The van der Waals surface area contributed by atoms with Gasteiger partial charge in [0.25, 0.3) is 10.0 Å². The van der Waals surface area contributed by atoms with Crippen LogP contribution in [-0.2, 0) is 16.6 Å². The summed E-state index contributed by atoms with van der Waals surface area (Å²) in [6.07, 6.45) is 4.54. The minimum absolute atomic E-state index is 0.0668. The number of sulfonamides is 1. The second kappa shape index (κ2) is 7.72. The van der Waals surface area contributed by atoms with Crippen molar-refractivity contribution < 1.29 is 13.2 Å². The van der Waals surface area contributed by atoms with Crippen LogP contribution in [0.1, 0.15) is 5.56 Å². The van der Waals surface area contributed by atoms with Gasteiger partial charge in [0, 0.05) is 23.5 Å². The van der Waals surface area contributed by atoms with Crippen molar-refractivity contribution in [2.75, 3.05) is 11.4 Å². The van der Waals surface area contributed by atoms with Gasteiger partial charge < -0.3 is 4.74 Å². The molecule has 0 spiro atoms. The van der Waals surface area contributed by atoms with Crippen LogP contribution in [0.4, 0.5) is 5.69 Å². The number of anilines is 1. The van der Waals surface area contributed by atoms with E-state index in [9.17, 15) is 8.42 Å². The zero-order valence-electron chi connectivity index (χ0n) is 13.9. The molecule has 0 radical (unpaired) electrons. The lowest BCUT2D eigenvalue weighted by Crippen LogP contribution is -2.30. The van der Waals surface area contributed by atoms with Gasteiger partial charge in [-0.25, -0.2) is 13.4 Å². The van der Waals surface area contributed by atoms with Crippen LogP contribution < -0.4 is 9.04 Å². The van der Waals surface area contributed by atoms with Crippen molar-refractivity contribution in [2.45, 2.75) is 11.4 Å². The van der Waals surface area contributed by atoms with Crippen LogP contribution in [0, 0.1) is 0 Å². The van der Waals surface area contributed by atoms with Gasteiger partial charge in [-0.05, 0) is 42.0 Å². The highest BCUT2D eigenvalue weighted by Gasteiger charge is 2.26. The van der Waals surface area contributed by atoms with Gasteiger partial charge in [0.15, 0.2) is 0 Å². The van der Waals surface area contributed by atoms with Gasteiger partial charge in [0.2, 0.25) is 5.88 Å². The number of ether oxygens (including phenoxy) is 1. The summed E-state index contributed by atoms with van der Waals surface area (Å²) < 4.78 is 32.7. The Hall–Kier alpha value is -2.64. The number of halogens is 1. The molecule has 0 saturated heterocycles. The zero-order chi connectivity index (χ0) is 18.6. The molecule has 0 aliphatic rings. The Morgan fingerprint density at radius 2 is 1.85 bits per heavy atom. The Kier molecular flexibility index (Phi) is 5.39. The summed E-state index contributed by atoms with van der Waals surface area (Å²) in [4.78, 5) is 8.12. The van der Waals surface area contributed by atoms with Gasteiger partial charge in [-0.15, -0.1) is 0 Å². The van der Waals surface area contributed by atoms with Crippen molar-refractivity contribution in [2.24, 2.45) is 0 Å². The van der Waals surface area contributed by atoms with Gasteiger partial charge in [-0.2, -0.15) is 0 Å². The first kappa shape index (κ1) is 18.2. The van der Waals surface area contributed by atoms with Crippen molar-refractivity contribution in [1.29, 1.82) is 0 Å². The number of hydrogen-bond acceptors (Lipinski definition) is 5. The maximum atomic E-state index is 13.2. The van der Waals surface area contributed by atoms with Crippen LogP contribution in [0.15, 0.2) is 72.0 Å². The predicted molar refractivity (Wildman–Crippen MR) is 99.8 cm³/mol. The number of methoxy groups -OCH3 is 1. The lowest BCUT2D eigenvalue weighted by Gasteiger charge is -2.24. The summed E-state index contributed by atoms with van der Waals surface area (Å²) in [5.41, 5.74) is 1.25. The van der Waals surface area contributed by atoms with E-state index in [1.54, 1.807) is 42.7 Å². The Bertz CT molecular complexity index is 963. The van der Waals surface area contributed by atoms with E-state index >= 15 is 0 Å². The molecular formula is C18H16ClN3O3S. The van der Waals surface area contributed by atoms with Gasteiger partial charge in [-0.1, -0.05) is 17.7 Å². The summed E-state index contributed by atoms with van der Waals surface area (Å²) >= 11 is 5.94. The molecule has 0 bridgehead atoms. The molecule has 26 heavy (non-hydrogen) atoms. The molecule has 0 unspecified atom stereocenters. The molecule has 8 heteroatoms. The maximum absolute atomic E-state index is 13.2. The molecule has 134 valence electrons. The van der Waals surface area contributed by atoms with Gasteiger partial charge in [0.1, 0.15) is 4.90 Å². The summed E-state index contributed by atoms with van der Waals surface area (Å²) in [7, 11) is -2.37. The van der Waals surface area contributed by atoms with Crippen LogP contribution in [0.5, 0.6) is 5.88 Å². The van der Waals surface area contributed by atoms with Crippen molar-refractivity contribution in [3.8, 4) is 5.88 Å². The third-order valence-corrected chi connectivity index (χ3v) is 5.68. The molecule has 0 saturated carbocycles. The fourth-order valence-corrected chi connectivity index (χ4v) is 3.87. The number of aromatic nitrogens is 2. The molecule has 0 atom stereocenters. The highest BCUT2D eigenvalue weighted by Crippen LogP contribution is 2.27. The van der Waals surface area contributed by atoms with E-state index in [4.69, 9.17) is 16.3 Å². The van der Waals surface area contributed by atoms with Gasteiger partial charge >= 0.3 is 0 Å². The molecule has 6 nitrogen and oxygen atoms in total. The molecule has 1 aromatic carbocycles. The Morgan fingerprint density at radius 1 is 1.08 bits per heavy atom. The maximum Gasteiger partial charge on any atom is 0.266 e. The lowest BCUT2D eigenvalue weighted by atomic mass is 10.2. The standard InChI is InChI=1S/C18H16ClN3O3S/c1-25-18-9-8-17(12-21-18)26(23,24)22(13-14-3-2-10-20-11-14)16-6-4-15(19)5-7-16/h2-12H,13H2,1H3. The highest BCUT2D eigenvalue weighted by molar-refractivity contribution is 7.92. The average Bonchev–Trinajstić information content (AvgIpc) is 2.68. The first-order valence-electron chi connectivity index (χ1n) is 7.68. The lowest BCUT2D eigenvalue weighted by molar-refractivity contribution is 0.397. The number of hydrogen-bond donors (Lipinski definition) is 0. The Morgan fingerprint density at radius 3 is 2.42 bits per heavy atom. The molecule has 3 rings (SSSR count). The largest absolute Gasteiger partial charge is 0.481 e. The second-order valence-electron chi connectivity index (χ2n) is 5.39. The topological polar surface area (TPSA) is 72.4 Å². The fourth-order valence-electron chi connectivity index (χ4n) is 2.35. The molecule has 2 heterocycles. The molecule has 0 aliphatic heterocycles.